The Morgan fingerprint density at radius 1 is 1.14 bits per heavy atom. The largest absolute Gasteiger partial charge is 0.392 e. The summed E-state index contributed by atoms with van der Waals surface area (Å²) in [5.74, 6) is -0.871. The number of carbonyl (C=O) groups is 3. The zero-order valence-corrected chi connectivity index (χ0v) is 17.5. The smallest absolute Gasteiger partial charge is 0.190 e. The molecule has 0 radical (unpaired) electrons. The first kappa shape index (κ1) is 20.9. The van der Waals surface area contributed by atoms with Crippen LogP contribution < -0.4 is 0 Å². The molecule has 4 rings (SSSR count). The maximum Gasteiger partial charge on any atom is 0.190 e. The predicted molar refractivity (Wildman–Crippen MR) is 105 cm³/mol. The summed E-state index contributed by atoms with van der Waals surface area (Å²) in [6, 6.07) is 0. The van der Waals surface area contributed by atoms with Gasteiger partial charge in [0.25, 0.3) is 0 Å². The number of carbonyl (C=O) groups excluding carboxylic acids is 3. The van der Waals surface area contributed by atoms with E-state index in [4.69, 9.17) is 0 Å². The van der Waals surface area contributed by atoms with Crippen LogP contribution in [-0.2, 0) is 14.4 Å². The number of Topliss-reactive ketones (excluding diaryl/α,β-unsaturated/α-hetero) is 2. The molecule has 3 N–H and O–H groups in total. The van der Waals surface area contributed by atoms with Crippen LogP contribution in [-0.4, -0.2) is 51.0 Å². The standard InChI is InChI=1S/C23H32O6/c1-13(25)23-17(5-4-14-10-15(26)6-8-20(14,23)2)16-7-9-22(29,19(28)12-24)21(16,3)11-18(23)27/h10,16-18,24,27,29H,4-9,11-12H2,1-3H3/t16-,17-,18-,20-,21-,22-,23+/m0/s1. The number of allylic oxidation sites excluding steroid dienone is 1. The first-order valence-corrected chi connectivity index (χ1v) is 10.8. The molecule has 0 spiro atoms. The molecule has 0 aromatic rings. The van der Waals surface area contributed by atoms with Gasteiger partial charge in [-0.3, -0.25) is 14.4 Å². The van der Waals surface area contributed by atoms with Crippen LogP contribution in [0.5, 0.6) is 0 Å². The quantitative estimate of drug-likeness (QED) is 0.661. The van der Waals surface area contributed by atoms with E-state index >= 15 is 0 Å². The first-order valence-electron chi connectivity index (χ1n) is 10.8. The lowest BCUT2D eigenvalue weighted by molar-refractivity contribution is -0.217. The molecule has 29 heavy (non-hydrogen) atoms. The van der Waals surface area contributed by atoms with Crippen molar-refractivity contribution in [3.8, 4) is 0 Å². The van der Waals surface area contributed by atoms with E-state index in [2.05, 4.69) is 0 Å². The summed E-state index contributed by atoms with van der Waals surface area (Å²) < 4.78 is 0. The molecule has 6 nitrogen and oxygen atoms in total. The van der Waals surface area contributed by atoms with Crippen molar-refractivity contribution in [2.24, 2.45) is 28.1 Å². The number of rotatable bonds is 3. The first-order chi connectivity index (χ1) is 13.5. The van der Waals surface area contributed by atoms with E-state index in [1.165, 1.54) is 0 Å². The van der Waals surface area contributed by atoms with Gasteiger partial charge in [0.05, 0.1) is 11.5 Å². The zero-order chi connectivity index (χ0) is 21.4. The summed E-state index contributed by atoms with van der Waals surface area (Å²) in [6.07, 6.45) is 3.85. The van der Waals surface area contributed by atoms with Crippen LogP contribution in [0, 0.1) is 28.1 Å². The molecule has 4 aliphatic carbocycles. The Kier molecular flexibility index (Phi) is 4.55. The highest BCUT2D eigenvalue weighted by Gasteiger charge is 2.74. The molecular weight excluding hydrogens is 372 g/mol. The highest BCUT2D eigenvalue weighted by Crippen LogP contribution is 2.72. The maximum atomic E-state index is 13.3. The second-order valence-corrected chi connectivity index (χ2v) is 10.3. The van der Waals surface area contributed by atoms with Crippen molar-refractivity contribution in [2.75, 3.05) is 6.61 Å². The molecule has 4 aliphatic rings. The van der Waals surface area contributed by atoms with Crippen LogP contribution in [0.1, 0.15) is 65.7 Å². The number of aliphatic hydroxyl groups excluding tert-OH is 2. The minimum absolute atomic E-state index is 0.0663. The monoisotopic (exact) mass is 404 g/mol. The van der Waals surface area contributed by atoms with Crippen molar-refractivity contribution in [1.82, 2.24) is 0 Å². The number of fused-ring (bicyclic) bond motifs is 5. The third-order valence-corrected chi connectivity index (χ3v) is 9.53. The summed E-state index contributed by atoms with van der Waals surface area (Å²) >= 11 is 0. The topological polar surface area (TPSA) is 112 Å². The van der Waals surface area contributed by atoms with Gasteiger partial charge in [0.1, 0.15) is 18.0 Å². The molecule has 3 saturated carbocycles. The van der Waals surface area contributed by atoms with Crippen LogP contribution in [0.2, 0.25) is 0 Å². The van der Waals surface area contributed by atoms with E-state index in [9.17, 15) is 29.7 Å². The average Bonchev–Trinajstić information content (AvgIpc) is 2.92. The molecule has 0 bridgehead atoms. The van der Waals surface area contributed by atoms with Gasteiger partial charge in [-0.2, -0.15) is 0 Å². The molecule has 0 amide bonds. The normalized spacial score (nSPS) is 49.0. The molecule has 0 heterocycles. The van der Waals surface area contributed by atoms with Crippen LogP contribution in [0.15, 0.2) is 11.6 Å². The second-order valence-electron chi connectivity index (χ2n) is 10.3. The minimum Gasteiger partial charge on any atom is -0.392 e. The zero-order valence-electron chi connectivity index (χ0n) is 17.5. The Morgan fingerprint density at radius 3 is 2.45 bits per heavy atom. The molecule has 0 saturated heterocycles. The highest BCUT2D eigenvalue weighted by atomic mass is 16.3. The van der Waals surface area contributed by atoms with Crippen molar-refractivity contribution >= 4 is 17.3 Å². The molecule has 3 fully saturated rings. The van der Waals surface area contributed by atoms with Gasteiger partial charge in [0.2, 0.25) is 0 Å². The lowest BCUT2D eigenvalue weighted by atomic mass is 9.37. The van der Waals surface area contributed by atoms with Crippen molar-refractivity contribution in [3.63, 3.8) is 0 Å². The van der Waals surface area contributed by atoms with E-state index in [0.29, 0.717) is 32.1 Å². The van der Waals surface area contributed by atoms with Gasteiger partial charge in [-0.15, -0.1) is 0 Å². The van der Waals surface area contributed by atoms with Gasteiger partial charge >= 0.3 is 0 Å². The van der Waals surface area contributed by atoms with Crippen LogP contribution in [0.25, 0.3) is 0 Å². The Balaban J connectivity index is 1.88. The van der Waals surface area contributed by atoms with E-state index in [-0.39, 0.29) is 36.2 Å². The van der Waals surface area contributed by atoms with Crippen molar-refractivity contribution in [2.45, 2.75) is 77.4 Å². The van der Waals surface area contributed by atoms with Gasteiger partial charge in [0, 0.05) is 17.3 Å². The van der Waals surface area contributed by atoms with Gasteiger partial charge in [-0.05, 0) is 63.4 Å². The van der Waals surface area contributed by atoms with E-state index < -0.39 is 40.3 Å². The Labute approximate surface area is 171 Å². The average molecular weight is 405 g/mol. The third-order valence-electron chi connectivity index (χ3n) is 9.53. The molecule has 0 aromatic carbocycles. The molecule has 6 heteroatoms. The fourth-order valence-electron chi connectivity index (χ4n) is 8.14. The van der Waals surface area contributed by atoms with Crippen molar-refractivity contribution < 1.29 is 29.7 Å². The van der Waals surface area contributed by atoms with E-state index in [0.717, 1.165) is 5.57 Å². The molecule has 0 aromatic heterocycles. The fraction of sp³-hybridized carbons (Fsp3) is 0.783. The van der Waals surface area contributed by atoms with Crippen LogP contribution in [0.3, 0.4) is 0 Å². The Morgan fingerprint density at radius 2 is 1.83 bits per heavy atom. The van der Waals surface area contributed by atoms with Gasteiger partial charge in [-0.25, -0.2) is 0 Å². The molecule has 0 unspecified atom stereocenters. The lowest BCUT2D eigenvalue weighted by Gasteiger charge is -2.66. The van der Waals surface area contributed by atoms with Crippen molar-refractivity contribution in [3.05, 3.63) is 11.6 Å². The van der Waals surface area contributed by atoms with Gasteiger partial charge < -0.3 is 15.3 Å². The summed E-state index contributed by atoms with van der Waals surface area (Å²) in [5.41, 5.74) is -3.23. The molecular formula is C23H32O6. The predicted octanol–water partition coefficient (Wildman–Crippen LogP) is 1.74. The number of hydrogen-bond acceptors (Lipinski definition) is 6. The Hall–Kier alpha value is -1.37. The molecule has 160 valence electrons. The van der Waals surface area contributed by atoms with E-state index in [1.807, 2.05) is 13.8 Å². The Bertz CT molecular complexity index is 816. The minimum atomic E-state index is -1.68. The third kappa shape index (κ3) is 2.26. The van der Waals surface area contributed by atoms with Crippen LogP contribution >= 0.6 is 0 Å². The number of ketones is 3. The number of aliphatic hydroxyl groups is 3. The van der Waals surface area contributed by atoms with Gasteiger partial charge in [0.15, 0.2) is 11.6 Å². The summed E-state index contributed by atoms with van der Waals surface area (Å²) in [4.78, 5) is 37.9. The lowest BCUT2D eigenvalue weighted by Crippen LogP contribution is -2.69. The van der Waals surface area contributed by atoms with Gasteiger partial charge in [-0.1, -0.05) is 19.4 Å². The summed E-state index contributed by atoms with van der Waals surface area (Å²) in [6.45, 7) is 4.67. The maximum absolute atomic E-state index is 13.3. The van der Waals surface area contributed by atoms with Crippen molar-refractivity contribution in [1.29, 1.82) is 0 Å². The second kappa shape index (κ2) is 6.32. The number of hydrogen-bond donors (Lipinski definition) is 3. The summed E-state index contributed by atoms with van der Waals surface area (Å²) in [5, 5.41) is 32.3. The van der Waals surface area contributed by atoms with Crippen LogP contribution in [0.4, 0.5) is 0 Å². The highest BCUT2D eigenvalue weighted by molar-refractivity contribution is 5.94. The SMILES string of the molecule is CC(=O)[C@]12[C@@H](O)C[C@@]3(C)[C@@H](CC[C@]3(O)C(=O)CO)[C@@H]1CCC1=CC(=O)CC[C@@]12C. The summed E-state index contributed by atoms with van der Waals surface area (Å²) in [7, 11) is 0. The van der Waals surface area contributed by atoms with E-state index in [1.54, 1.807) is 13.0 Å². The molecule has 7 atom stereocenters. The molecule has 0 aliphatic heterocycles. The fourth-order valence-corrected chi connectivity index (χ4v) is 8.14.